The van der Waals surface area contributed by atoms with Gasteiger partial charge in [-0.2, -0.15) is 0 Å². The molecule has 1 atom stereocenters. The van der Waals surface area contributed by atoms with Gasteiger partial charge in [0.1, 0.15) is 17.1 Å². The van der Waals surface area contributed by atoms with E-state index in [0.717, 1.165) is 18.9 Å². The van der Waals surface area contributed by atoms with E-state index in [2.05, 4.69) is 0 Å². The van der Waals surface area contributed by atoms with Gasteiger partial charge in [-0.3, -0.25) is 9.59 Å². The zero-order chi connectivity index (χ0) is 15.4. The van der Waals surface area contributed by atoms with Crippen molar-refractivity contribution in [1.29, 1.82) is 0 Å². The van der Waals surface area contributed by atoms with E-state index < -0.39 is 17.7 Å². The van der Waals surface area contributed by atoms with Crippen molar-refractivity contribution in [2.24, 2.45) is 0 Å². The highest BCUT2D eigenvalue weighted by Crippen LogP contribution is 2.27. The number of carboxylic acid groups (broad SMARTS) is 1. The fraction of sp³-hybridized carbons (Fsp3) is 0.467. The maximum Gasteiger partial charge on any atom is 0.303 e. The number of carboxylic acids is 1. The topological polar surface area (TPSA) is 77.8 Å². The van der Waals surface area contributed by atoms with Gasteiger partial charge < -0.3 is 15.1 Å². The van der Waals surface area contributed by atoms with Gasteiger partial charge in [-0.1, -0.05) is 6.07 Å². The van der Waals surface area contributed by atoms with Gasteiger partial charge >= 0.3 is 5.97 Å². The number of aromatic hydroxyl groups is 1. The lowest BCUT2D eigenvalue weighted by atomic mass is 9.96. The zero-order valence-electron chi connectivity index (χ0n) is 11.6. The Bertz CT molecular complexity index is 526. The molecule has 2 N–H and O–H groups in total. The number of hydrogen-bond acceptors (Lipinski definition) is 3. The Labute approximate surface area is 122 Å². The highest BCUT2D eigenvalue weighted by atomic mass is 19.1. The lowest BCUT2D eigenvalue weighted by Crippen LogP contribution is -2.44. The van der Waals surface area contributed by atoms with Crippen molar-refractivity contribution < 1.29 is 24.2 Å². The van der Waals surface area contributed by atoms with E-state index >= 15 is 0 Å². The monoisotopic (exact) mass is 295 g/mol. The molecule has 1 saturated heterocycles. The highest BCUT2D eigenvalue weighted by Gasteiger charge is 2.30. The Morgan fingerprint density at radius 3 is 2.76 bits per heavy atom. The molecule has 0 bridgehead atoms. The van der Waals surface area contributed by atoms with Crippen LogP contribution in [0.3, 0.4) is 0 Å². The molecule has 1 aromatic rings. The van der Waals surface area contributed by atoms with Crippen LogP contribution < -0.4 is 0 Å². The van der Waals surface area contributed by atoms with Gasteiger partial charge in [0.15, 0.2) is 0 Å². The summed E-state index contributed by atoms with van der Waals surface area (Å²) in [4.78, 5) is 24.7. The van der Waals surface area contributed by atoms with E-state index in [0.29, 0.717) is 19.4 Å². The molecule has 6 heteroatoms. The second-order valence-corrected chi connectivity index (χ2v) is 5.21. The first-order chi connectivity index (χ1) is 10.0. The number of benzene rings is 1. The summed E-state index contributed by atoms with van der Waals surface area (Å²) in [6.45, 7) is 0.455. The van der Waals surface area contributed by atoms with Crippen LogP contribution in [0.5, 0.6) is 5.75 Å². The van der Waals surface area contributed by atoms with Gasteiger partial charge in [0.05, 0.1) is 0 Å². The summed E-state index contributed by atoms with van der Waals surface area (Å²) in [5, 5.41) is 18.5. The van der Waals surface area contributed by atoms with Crippen molar-refractivity contribution in [3.8, 4) is 5.75 Å². The molecule has 21 heavy (non-hydrogen) atoms. The molecule has 1 unspecified atom stereocenters. The number of nitrogens with zero attached hydrogens (tertiary/aromatic N) is 1. The first-order valence-corrected chi connectivity index (χ1v) is 7.01. The molecule has 1 aliphatic rings. The fourth-order valence-corrected chi connectivity index (χ4v) is 2.73. The van der Waals surface area contributed by atoms with Gasteiger partial charge in [0, 0.05) is 19.0 Å². The Morgan fingerprint density at radius 1 is 1.33 bits per heavy atom. The number of carbonyl (C=O) groups excluding carboxylic acids is 1. The molecule has 0 aromatic heterocycles. The Balaban J connectivity index is 2.20. The third-order valence-corrected chi connectivity index (χ3v) is 3.78. The van der Waals surface area contributed by atoms with Crippen molar-refractivity contribution in [3.63, 3.8) is 0 Å². The largest absolute Gasteiger partial charge is 0.507 e. The van der Waals surface area contributed by atoms with Crippen LogP contribution in [0, 0.1) is 5.82 Å². The molecule has 5 nitrogen and oxygen atoms in total. The number of carbonyl (C=O) groups is 2. The Kier molecular flexibility index (Phi) is 4.77. The van der Waals surface area contributed by atoms with E-state index in [1.165, 1.54) is 17.0 Å². The number of likely N-dealkylation sites (tertiary alicyclic amines) is 1. The number of aliphatic carboxylic acids is 1. The molecule has 0 spiro atoms. The SMILES string of the molecule is O=C(O)CCC1CCCCN1C(=O)c1c(O)cccc1F. The summed E-state index contributed by atoms with van der Waals surface area (Å²) < 4.78 is 13.8. The quantitative estimate of drug-likeness (QED) is 0.894. The summed E-state index contributed by atoms with van der Waals surface area (Å²) in [5.74, 6) is -2.63. The number of halogens is 1. The van der Waals surface area contributed by atoms with Crippen LogP contribution in [0.4, 0.5) is 4.39 Å². The first kappa shape index (κ1) is 15.3. The van der Waals surface area contributed by atoms with Crippen molar-refractivity contribution >= 4 is 11.9 Å². The molecule has 1 aromatic carbocycles. The second-order valence-electron chi connectivity index (χ2n) is 5.21. The normalized spacial score (nSPS) is 18.5. The Morgan fingerprint density at radius 2 is 2.10 bits per heavy atom. The predicted molar refractivity (Wildman–Crippen MR) is 73.6 cm³/mol. The third kappa shape index (κ3) is 3.51. The smallest absolute Gasteiger partial charge is 0.303 e. The zero-order valence-corrected chi connectivity index (χ0v) is 11.6. The number of phenolic OH excluding ortho intramolecular Hbond substituents is 1. The molecule has 1 heterocycles. The van der Waals surface area contributed by atoms with Gasteiger partial charge in [-0.05, 0) is 37.8 Å². The molecule has 2 rings (SSSR count). The average molecular weight is 295 g/mol. The predicted octanol–water partition coefficient (Wildman–Crippen LogP) is 2.39. The maximum absolute atomic E-state index is 13.8. The van der Waals surface area contributed by atoms with Crippen LogP contribution in [-0.2, 0) is 4.79 Å². The molecule has 1 fully saturated rings. The minimum atomic E-state index is -0.915. The molecule has 0 radical (unpaired) electrons. The van der Waals surface area contributed by atoms with Crippen LogP contribution in [-0.4, -0.2) is 39.6 Å². The van der Waals surface area contributed by atoms with Crippen molar-refractivity contribution in [1.82, 2.24) is 4.90 Å². The summed E-state index contributed by atoms with van der Waals surface area (Å²) in [7, 11) is 0. The fourth-order valence-electron chi connectivity index (χ4n) is 2.73. The summed E-state index contributed by atoms with van der Waals surface area (Å²) in [5.41, 5.74) is -0.334. The standard InChI is InChI=1S/C15H18FNO4/c16-11-5-3-6-12(18)14(11)15(21)17-9-2-1-4-10(17)7-8-13(19)20/h3,5-6,10,18H,1-2,4,7-9H2,(H,19,20). The van der Waals surface area contributed by atoms with Crippen molar-refractivity contribution in [3.05, 3.63) is 29.6 Å². The third-order valence-electron chi connectivity index (χ3n) is 3.78. The minimum absolute atomic E-state index is 0.0301. The lowest BCUT2D eigenvalue weighted by Gasteiger charge is -2.35. The molecular formula is C15H18FNO4. The van der Waals surface area contributed by atoms with Gasteiger partial charge in [0.25, 0.3) is 5.91 Å². The molecule has 0 aliphatic carbocycles. The number of amides is 1. The maximum atomic E-state index is 13.8. The van der Waals surface area contributed by atoms with Crippen LogP contribution in [0.25, 0.3) is 0 Å². The van der Waals surface area contributed by atoms with Crippen LogP contribution >= 0.6 is 0 Å². The molecular weight excluding hydrogens is 277 g/mol. The van der Waals surface area contributed by atoms with Crippen LogP contribution in [0.15, 0.2) is 18.2 Å². The van der Waals surface area contributed by atoms with E-state index in [9.17, 15) is 19.1 Å². The van der Waals surface area contributed by atoms with Gasteiger partial charge in [0.2, 0.25) is 0 Å². The first-order valence-electron chi connectivity index (χ1n) is 7.01. The average Bonchev–Trinajstić information content (AvgIpc) is 2.45. The lowest BCUT2D eigenvalue weighted by molar-refractivity contribution is -0.137. The van der Waals surface area contributed by atoms with E-state index in [1.807, 2.05) is 0 Å². The number of phenols is 1. The van der Waals surface area contributed by atoms with Crippen LogP contribution in [0.1, 0.15) is 42.5 Å². The summed E-state index contributed by atoms with van der Waals surface area (Å²) in [6.07, 6.45) is 2.73. The molecule has 114 valence electrons. The second kappa shape index (κ2) is 6.56. The van der Waals surface area contributed by atoms with Crippen molar-refractivity contribution in [2.75, 3.05) is 6.54 Å². The van der Waals surface area contributed by atoms with E-state index in [-0.39, 0.29) is 23.8 Å². The summed E-state index contributed by atoms with van der Waals surface area (Å²) in [6, 6.07) is 3.51. The molecule has 0 saturated carbocycles. The Hall–Kier alpha value is -2.11. The van der Waals surface area contributed by atoms with Crippen LogP contribution in [0.2, 0.25) is 0 Å². The number of rotatable bonds is 4. The van der Waals surface area contributed by atoms with E-state index in [4.69, 9.17) is 5.11 Å². The van der Waals surface area contributed by atoms with E-state index in [1.54, 1.807) is 0 Å². The number of hydrogen-bond donors (Lipinski definition) is 2. The molecule has 1 amide bonds. The molecule has 1 aliphatic heterocycles. The number of piperidine rings is 1. The summed E-state index contributed by atoms with van der Waals surface area (Å²) >= 11 is 0. The minimum Gasteiger partial charge on any atom is -0.507 e. The highest BCUT2D eigenvalue weighted by molar-refractivity contribution is 5.97. The van der Waals surface area contributed by atoms with Gasteiger partial charge in [-0.15, -0.1) is 0 Å². The van der Waals surface area contributed by atoms with Crippen molar-refractivity contribution in [2.45, 2.75) is 38.1 Å². The van der Waals surface area contributed by atoms with Gasteiger partial charge in [-0.25, -0.2) is 4.39 Å².